The van der Waals surface area contributed by atoms with Crippen molar-refractivity contribution in [3.8, 4) is 0 Å². The van der Waals surface area contributed by atoms with Crippen LogP contribution in [0.25, 0.3) is 5.65 Å². The first-order chi connectivity index (χ1) is 14.8. The van der Waals surface area contributed by atoms with E-state index < -0.39 is 29.0 Å². The van der Waals surface area contributed by atoms with Gasteiger partial charge >= 0.3 is 6.18 Å². The van der Waals surface area contributed by atoms with Gasteiger partial charge in [-0.15, -0.1) is 0 Å². The molecule has 10 heteroatoms. The molecule has 1 N–H and O–H groups in total. The van der Waals surface area contributed by atoms with E-state index in [4.69, 9.17) is 4.74 Å². The highest BCUT2D eigenvalue weighted by molar-refractivity contribution is 6.00. The molecule has 1 aromatic carbocycles. The summed E-state index contributed by atoms with van der Waals surface area (Å²) in [6.45, 7) is 0.179. The molecule has 2 aromatic heterocycles. The standard InChI is InChI=1S/C21H18F4N4O2/c22-17-7-14(21(23,24)25)3-4-16(17)20(5-6-31-11-20)28-19(30)15-9-27-29-10-13(12-1-2-12)8-26-18(15)29/h3-4,7-10,12H,1-2,5-6,11H2,(H,28,30). The number of carbonyl (C=O) groups excluding carboxylic acids is 1. The highest BCUT2D eigenvalue weighted by atomic mass is 19.4. The number of rotatable bonds is 4. The first-order valence-corrected chi connectivity index (χ1v) is 9.88. The van der Waals surface area contributed by atoms with Crippen molar-refractivity contribution in [3.05, 3.63) is 64.9 Å². The van der Waals surface area contributed by atoms with Crippen molar-refractivity contribution < 1.29 is 27.1 Å². The fourth-order valence-corrected chi connectivity index (χ4v) is 3.98. The van der Waals surface area contributed by atoms with Crippen LogP contribution in [0.15, 0.2) is 36.8 Å². The monoisotopic (exact) mass is 434 g/mol. The predicted molar refractivity (Wildman–Crippen MR) is 101 cm³/mol. The van der Waals surface area contributed by atoms with E-state index in [1.807, 2.05) is 6.20 Å². The lowest BCUT2D eigenvalue weighted by Crippen LogP contribution is -2.47. The number of halogens is 4. The Morgan fingerprint density at radius 1 is 1.26 bits per heavy atom. The van der Waals surface area contributed by atoms with Crippen LogP contribution < -0.4 is 5.32 Å². The lowest BCUT2D eigenvalue weighted by molar-refractivity contribution is -0.137. The first-order valence-electron chi connectivity index (χ1n) is 9.88. The SMILES string of the molecule is O=C(NC1(c2ccc(C(F)(F)F)cc2F)CCOC1)c1cnn2cc(C3CC3)cnc12. The molecule has 3 aromatic rings. The van der Waals surface area contributed by atoms with Gasteiger partial charge in [0.25, 0.3) is 5.91 Å². The largest absolute Gasteiger partial charge is 0.416 e. The average molecular weight is 434 g/mol. The van der Waals surface area contributed by atoms with Crippen LogP contribution >= 0.6 is 0 Å². The van der Waals surface area contributed by atoms with Gasteiger partial charge in [-0.1, -0.05) is 6.07 Å². The summed E-state index contributed by atoms with van der Waals surface area (Å²) in [4.78, 5) is 17.4. The summed E-state index contributed by atoms with van der Waals surface area (Å²) in [5, 5.41) is 6.97. The summed E-state index contributed by atoms with van der Waals surface area (Å²) in [5.74, 6) is -1.13. The first kappa shape index (κ1) is 19.9. The molecule has 6 nitrogen and oxygen atoms in total. The van der Waals surface area contributed by atoms with Crippen LogP contribution in [-0.4, -0.2) is 33.7 Å². The Morgan fingerprint density at radius 3 is 2.71 bits per heavy atom. The molecule has 1 saturated heterocycles. The van der Waals surface area contributed by atoms with Crippen molar-refractivity contribution in [3.63, 3.8) is 0 Å². The van der Waals surface area contributed by atoms with Crippen LogP contribution in [0.3, 0.4) is 0 Å². The molecule has 1 amide bonds. The van der Waals surface area contributed by atoms with E-state index in [-0.39, 0.29) is 30.8 Å². The fourth-order valence-electron chi connectivity index (χ4n) is 3.98. The van der Waals surface area contributed by atoms with Gasteiger partial charge in [0.15, 0.2) is 5.65 Å². The van der Waals surface area contributed by atoms with E-state index in [0.29, 0.717) is 17.6 Å². The third kappa shape index (κ3) is 3.54. The second kappa shape index (κ2) is 7.01. The minimum absolute atomic E-state index is 0.0493. The van der Waals surface area contributed by atoms with Gasteiger partial charge in [0.1, 0.15) is 11.4 Å². The second-order valence-electron chi connectivity index (χ2n) is 8.02. The molecular weight excluding hydrogens is 416 g/mol. The molecule has 1 aliphatic carbocycles. The molecule has 31 heavy (non-hydrogen) atoms. The van der Waals surface area contributed by atoms with Gasteiger partial charge in [-0.25, -0.2) is 13.9 Å². The van der Waals surface area contributed by atoms with E-state index in [1.54, 1.807) is 6.20 Å². The normalized spacial score (nSPS) is 21.5. The van der Waals surface area contributed by atoms with E-state index in [1.165, 1.54) is 10.7 Å². The minimum atomic E-state index is -4.66. The van der Waals surface area contributed by atoms with Gasteiger partial charge < -0.3 is 10.1 Å². The number of ether oxygens (including phenoxy) is 1. The molecule has 0 radical (unpaired) electrons. The molecule has 0 spiro atoms. The maximum absolute atomic E-state index is 14.7. The van der Waals surface area contributed by atoms with Crippen LogP contribution in [-0.2, 0) is 16.5 Å². The second-order valence-corrected chi connectivity index (χ2v) is 8.02. The topological polar surface area (TPSA) is 68.5 Å². The predicted octanol–water partition coefficient (Wildman–Crippen LogP) is 3.81. The molecule has 2 fully saturated rings. The smallest absolute Gasteiger partial charge is 0.379 e. The summed E-state index contributed by atoms with van der Waals surface area (Å²) < 4.78 is 60.4. The van der Waals surface area contributed by atoms with Crippen LogP contribution in [0.4, 0.5) is 17.6 Å². The highest BCUT2D eigenvalue weighted by Crippen LogP contribution is 2.40. The van der Waals surface area contributed by atoms with Crippen molar-refractivity contribution in [1.29, 1.82) is 0 Å². The summed E-state index contributed by atoms with van der Waals surface area (Å²) in [7, 11) is 0. The highest BCUT2D eigenvalue weighted by Gasteiger charge is 2.42. The van der Waals surface area contributed by atoms with Crippen LogP contribution in [0.5, 0.6) is 0 Å². The van der Waals surface area contributed by atoms with E-state index in [2.05, 4.69) is 15.4 Å². The van der Waals surface area contributed by atoms with Crippen LogP contribution in [0, 0.1) is 5.82 Å². The number of nitrogens with one attached hydrogen (secondary N) is 1. The van der Waals surface area contributed by atoms with Crippen LogP contribution in [0.1, 0.15) is 52.2 Å². The third-order valence-electron chi connectivity index (χ3n) is 5.86. The van der Waals surface area contributed by atoms with Gasteiger partial charge in [-0.3, -0.25) is 4.79 Å². The lowest BCUT2D eigenvalue weighted by atomic mass is 9.87. The molecule has 5 rings (SSSR count). The molecule has 1 aliphatic heterocycles. The lowest BCUT2D eigenvalue weighted by Gasteiger charge is -2.30. The van der Waals surface area contributed by atoms with Crippen molar-refractivity contribution in [2.24, 2.45) is 0 Å². The van der Waals surface area contributed by atoms with Crippen molar-refractivity contribution in [1.82, 2.24) is 19.9 Å². The Balaban J connectivity index is 1.47. The summed E-state index contributed by atoms with van der Waals surface area (Å²) in [5.41, 5.74) is -0.827. The molecule has 2 aliphatic rings. The Labute approximate surface area is 174 Å². The van der Waals surface area contributed by atoms with E-state index >= 15 is 0 Å². The molecule has 3 heterocycles. The fraction of sp³-hybridized carbons (Fsp3) is 0.381. The zero-order valence-corrected chi connectivity index (χ0v) is 16.2. The van der Waals surface area contributed by atoms with Gasteiger partial charge in [-0.2, -0.15) is 18.3 Å². The summed E-state index contributed by atoms with van der Waals surface area (Å²) in [6.07, 6.45) is 2.69. The van der Waals surface area contributed by atoms with Crippen molar-refractivity contribution >= 4 is 11.6 Å². The van der Waals surface area contributed by atoms with Crippen molar-refractivity contribution in [2.45, 2.75) is 36.9 Å². The van der Waals surface area contributed by atoms with Gasteiger partial charge in [-0.05, 0) is 36.5 Å². The Kier molecular flexibility index (Phi) is 4.51. The molecular formula is C21H18F4N4O2. The van der Waals surface area contributed by atoms with Crippen molar-refractivity contribution in [2.75, 3.05) is 13.2 Å². The number of fused-ring (bicyclic) bond motifs is 1. The Hall–Kier alpha value is -3.01. The number of amides is 1. The van der Waals surface area contributed by atoms with E-state index in [9.17, 15) is 22.4 Å². The Bertz CT molecular complexity index is 1160. The number of alkyl halides is 3. The molecule has 1 unspecified atom stereocenters. The van der Waals surface area contributed by atoms with Gasteiger partial charge in [0.2, 0.25) is 0 Å². The molecule has 162 valence electrons. The maximum Gasteiger partial charge on any atom is 0.416 e. The summed E-state index contributed by atoms with van der Waals surface area (Å²) >= 11 is 0. The summed E-state index contributed by atoms with van der Waals surface area (Å²) in [6, 6.07) is 2.31. The Morgan fingerprint density at radius 2 is 2.06 bits per heavy atom. The zero-order chi connectivity index (χ0) is 21.8. The van der Waals surface area contributed by atoms with Gasteiger partial charge in [0.05, 0.1) is 23.9 Å². The third-order valence-corrected chi connectivity index (χ3v) is 5.86. The zero-order valence-electron chi connectivity index (χ0n) is 16.2. The maximum atomic E-state index is 14.7. The minimum Gasteiger partial charge on any atom is -0.379 e. The number of hydrogen-bond acceptors (Lipinski definition) is 4. The molecule has 1 atom stereocenters. The molecule has 0 bridgehead atoms. The van der Waals surface area contributed by atoms with Gasteiger partial charge in [0, 0.05) is 31.0 Å². The van der Waals surface area contributed by atoms with Crippen LogP contribution in [0.2, 0.25) is 0 Å². The number of nitrogens with zero attached hydrogens (tertiary/aromatic N) is 3. The number of aromatic nitrogens is 3. The number of benzene rings is 1. The quantitative estimate of drug-likeness (QED) is 0.635. The van der Waals surface area contributed by atoms with E-state index in [0.717, 1.165) is 30.5 Å². The average Bonchev–Trinajstić information content (AvgIpc) is 3.32. The number of hydrogen-bond donors (Lipinski definition) is 1. The number of carbonyl (C=O) groups is 1. The molecule has 1 saturated carbocycles.